The molecule has 4 rings (SSSR count). The van der Waals surface area contributed by atoms with Crippen LogP contribution in [0.15, 0.2) is 48.7 Å². The average molecular weight is 420 g/mol. The number of rotatable bonds is 6. The van der Waals surface area contributed by atoms with Crippen molar-refractivity contribution in [3.05, 3.63) is 54.5 Å². The van der Waals surface area contributed by atoms with Crippen LogP contribution in [0.5, 0.6) is 5.75 Å². The minimum Gasteiger partial charge on any atom is -0.484 e. The van der Waals surface area contributed by atoms with Crippen LogP contribution in [0, 0.1) is 0 Å². The highest BCUT2D eigenvalue weighted by Crippen LogP contribution is 2.30. The molecule has 0 aliphatic carbocycles. The molecule has 0 unspecified atom stereocenters. The lowest BCUT2D eigenvalue weighted by atomic mass is 10.0. The first-order valence-corrected chi connectivity index (χ1v) is 10.2. The third-order valence-corrected chi connectivity index (χ3v) is 5.07. The molecule has 2 amide bonds. The van der Waals surface area contributed by atoms with E-state index in [0.717, 1.165) is 24.8 Å². The van der Waals surface area contributed by atoms with Gasteiger partial charge in [-0.15, -0.1) is 0 Å². The summed E-state index contributed by atoms with van der Waals surface area (Å²) < 4.78 is 5.65. The van der Waals surface area contributed by atoms with Crippen molar-refractivity contribution in [3.63, 3.8) is 0 Å². The molecule has 1 aliphatic rings. The summed E-state index contributed by atoms with van der Waals surface area (Å²) in [6.07, 6.45) is 4.35. The van der Waals surface area contributed by atoms with Crippen molar-refractivity contribution in [1.82, 2.24) is 25.1 Å². The number of benzene rings is 1. The number of para-hydroxylation sites is 1. The Morgan fingerprint density at radius 2 is 2.06 bits per heavy atom. The molecular formula is C22H24N6O3. The molecular weight excluding hydrogens is 396 g/mol. The van der Waals surface area contributed by atoms with Gasteiger partial charge in [0.05, 0.1) is 6.04 Å². The molecule has 3 heterocycles. The zero-order chi connectivity index (χ0) is 21.6. The number of anilines is 1. The second-order valence-electron chi connectivity index (χ2n) is 7.36. The van der Waals surface area contributed by atoms with E-state index < -0.39 is 0 Å². The Labute approximate surface area is 179 Å². The summed E-state index contributed by atoms with van der Waals surface area (Å²) >= 11 is 0. The van der Waals surface area contributed by atoms with E-state index in [2.05, 4.69) is 25.5 Å². The second kappa shape index (κ2) is 9.38. The Kier molecular flexibility index (Phi) is 6.21. The van der Waals surface area contributed by atoms with Gasteiger partial charge in [0.2, 0.25) is 5.91 Å². The Balaban J connectivity index is 1.48. The first kappa shape index (κ1) is 20.5. The maximum Gasteiger partial charge on any atom is 0.261 e. The van der Waals surface area contributed by atoms with Gasteiger partial charge in [-0.05, 0) is 43.5 Å². The first-order valence-electron chi connectivity index (χ1n) is 10.2. The molecule has 9 nitrogen and oxygen atoms in total. The molecule has 2 aromatic heterocycles. The summed E-state index contributed by atoms with van der Waals surface area (Å²) in [5.74, 6) is 1.95. The van der Waals surface area contributed by atoms with E-state index in [1.807, 2.05) is 35.2 Å². The minimum absolute atomic E-state index is 0.0219. The Morgan fingerprint density at radius 3 is 2.87 bits per heavy atom. The van der Waals surface area contributed by atoms with Crippen molar-refractivity contribution in [2.75, 3.05) is 18.5 Å². The molecule has 2 N–H and O–H groups in total. The quantitative estimate of drug-likeness (QED) is 0.634. The van der Waals surface area contributed by atoms with Gasteiger partial charge in [-0.1, -0.05) is 18.2 Å². The maximum absolute atomic E-state index is 12.9. The van der Waals surface area contributed by atoms with Gasteiger partial charge >= 0.3 is 0 Å². The van der Waals surface area contributed by atoms with E-state index in [1.54, 1.807) is 18.3 Å². The smallest absolute Gasteiger partial charge is 0.261 e. The number of pyridine rings is 1. The number of nitrogens with one attached hydrogen (secondary N) is 2. The van der Waals surface area contributed by atoms with Crippen LogP contribution in [0.2, 0.25) is 0 Å². The van der Waals surface area contributed by atoms with Crippen molar-refractivity contribution in [1.29, 1.82) is 0 Å². The molecule has 160 valence electrons. The Hall–Kier alpha value is -3.75. The van der Waals surface area contributed by atoms with Crippen LogP contribution in [-0.4, -0.2) is 50.0 Å². The molecule has 0 radical (unpaired) electrons. The predicted octanol–water partition coefficient (Wildman–Crippen LogP) is 2.96. The number of hydrogen-bond donors (Lipinski definition) is 2. The lowest BCUT2D eigenvalue weighted by Gasteiger charge is -2.34. The number of likely N-dealkylation sites (tertiary alicyclic amines) is 1. The topological polar surface area (TPSA) is 113 Å². The van der Waals surface area contributed by atoms with Crippen molar-refractivity contribution >= 4 is 17.6 Å². The van der Waals surface area contributed by atoms with Crippen molar-refractivity contribution < 1.29 is 14.3 Å². The average Bonchev–Trinajstić information content (AvgIpc) is 3.28. The number of ether oxygens (including phenoxy) is 1. The Morgan fingerprint density at radius 1 is 1.23 bits per heavy atom. The molecule has 1 aromatic carbocycles. The SMILES string of the molecule is CC(=O)Nc1cc(-c2n[nH]c([C@H]3CCCCN3C(=O)COc3ccccc3)n2)ccn1. The van der Waals surface area contributed by atoms with Crippen LogP contribution >= 0.6 is 0 Å². The lowest BCUT2D eigenvalue weighted by Crippen LogP contribution is -2.41. The number of amides is 2. The second-order valence-corrected chi connectivity index (χ2v) is 7.36. The number of aromatic amines is 1. The van der Waals surface area contributed by atoms with E-state index in [4.69, 9.17) is 4.74 Å². The highest BCUT2D eigenvalue weighted by atomic mass is 16.5. The van der Waals surface area contributed by atoms with Gasteiger partial charge in [-0.2, -0.15) is 5.10 Å². The number of carbonyl (C=O) groups excluding carboxylic acids is 2. The summed E-state index contributed by atoms with van der Waals surface area (Å²) in [4.78, 5) is 34.7. The highest BCUT2D eigenvalue weighted by molar-refractivity contribution is 5.88. The van der Waals surface area contributed by atoms with E-state index in [9.17, 15) is 9.59 Å². The van der Waals surface area contributed by atoms with Gasteiger partial charge in [0.25, 0.3) is 5.91 Å². The molecule has 1 saturated heterocycles. The van der Waals surface area contributed by atoms with Crippen molar-refractivity contribution in [3.8, 4) is 17.1 Å². The molecule has 9 heteroatoms. The molecule has 1 fully saturated rings. The lowest BCUT2D eigenvalue weighted by molar-refractivity contribution is -0.137. The third kappa shape index (κ3) is 5.06. The summed E-state index contributed by atoms with van der Waals surface area (Å²) in [5.41, 5.74) is 0.724. The maximum atomic E-state index is 12.9. The molecule has 31 heavy (non-hydrogen) atoms. The fourth-order valence-electron chi connectivity index (χ4n) is 3.63. The number of nitrogens with zero attached hydrogens (tertiary/aromatic N) is 4. The standard InChI is InChI=1S/C22H24N6O3/c1-15(29)24-19-13-16(10-11-23-19)21-25-22(27-26-21)18-9-5-6-12-28(18)20(30)14-31-17-7-3-2-4-8-17/h2-4,7-8,10-11,13,18H,5-6,9,12,14H2,1H3,(H,23,24,29)(H,25,26,27)/t18-/m1/s1. The van der Waals surface area contributed by atoms with Gasteiger partial charge in [0.1, 0.15) is 17.4 Å². The number of carbonyl (C=O) groups is 2. The molecule has 0 spiro atoms. The van der Waals surface area contributed by atoms with Gasteiger partial charge in [0, 0.05) is 25.2 Å². The molecule has 0 bridgehead atoms. The summed E-state index contributed by atoms with van der Waals surface area (Å²) in [7, 11) is 0. The van der Waals surface area contributed by atoms with Crippen LogP contribution < -0.4 is 10.1 Å². The largest absolute Gasteiger partial charge is 0.484 e. The van der Waals surface area contributed by atoms with Crippen LogP contribution in [0.1, 0.15) is 38.1 Å². The zero-order valence-corrected chi connectivity index (χ0v) is 17.2. The minimum atomic E-state index is -0.200. The van der Waals surface area contributed by atoms with Crippen molar-refractivity contribution in [2.24, 2.45) is 0 Å². The zero-order valence-electron chi connectivity index (χ0n) is 17.2. The summed E-state index contributed by atoms with van der Waals surface area (Å²) in [6, 6.07) is 12.6. The fourth-order valence-corrected chi connectivity index (χ4v) is 3.63. The van der Waals surface area contributed by atoms with Crippen LogP contribution in [0.25, 0.3) is 11.4 Å². The number of piperidine rings is 1. The predicted molar refractivity (Wildman–Crippen MR) is 114 cm³/mol. The van der Waals surface area contributed by atoms with Gasteiger partial charge in [0.15, 0.2) is 12.4 Å². The number of hydrogen-bond acceptors (Lipinski definition) is 6. The van der Waals surface area contributed by atoms with Gasteiger partial charge < -0.3 is 15.0 Å². The highest BCUT2D eigenvalue weighted by Gasteiger charge is 2.30. The first-order chi connectivity index (χ1) is 15.1. The molecule has 1 atom stereocenters. The third-order valence-electron chi connectivity index (χ3n) is 5.07. The van der Waals surface area contributed by atoms with Gasteiger partial charge in [-0.25, -0.2) is 9.97 Å². The molecule has 0 saturated carbocycles. The van der Waals surface area contributed by atoms with Crippen LogP contribution in [0.3, 0.4) is 0 Å². The van der Waals surface area contributed by atoms with E-state index in [0.29, 0.717) is 29.8 Å². The van der Waals surface area contributed by atoms with E-state index >= 15 is 0 Å². The fraction of sp³-hybridized carbons (Fsp3) is 0.318. The van der Waals surface area contributed by atoms with Crippen molar-refractivity contribution in [2.45, 2.75) is 32.2 Å². The summed E-state index contributed by atoms with van der Waals surface area (Å²) in [6.45, 7) is 2.06. The molecule has 1 aliphatic heterocycles. The normalized spacial score (nSPS) is 16.0. The van der Waals surface area contributed by atoms with E-state index in [1.165, 1.54) is 6.92 Å². The molecule has 3 aromatic rings. The summed E-state index contributed by atoms with van der Waals surface area (Å²) in [5, 5.41) is 9.96. The monoisotopic (exact) mass is 420 g/mol. The van der Waals surface area contributed by atoms with Crippen LogP contribution in [-0.2, 0) is 9.59 Å². The van der Waals surface area contributed by atoms with E-state index in [-0.39, 0.29) is 24.5 Å². The Bertz CT molecular complexity index is 1050. The van der Waals surface area contributed by atoms with Gasteiger partial charge in [-0.3, -0.25) is 14.7 Å². The van der Waals surface area contributed by atoms with Crippen LogP contribution in [0.4, 0.5) is 5.82 Å². The number of H-pyrrole nitrogens is 1. The number of aromatic nitrogens is 4.